The molecule has 0 spiro atoms. The van der Waals surface area contributed by atoms with Gasteiger partial charge in [-0.25, -0.2) is 13.1 Å². The summed E-state index contributed by atoms with van der Waals surface area (Å²) in [5.41, 5.74) is 0.933. The highest BCUT2D eigenvalue weighted by atomic mass is 35.5. The zero-order chi connectivity index (χ0) is 21.2. The number of methoxy groups -OCH3 is 1. The predicted molar refractivity (Wildman–Crippen MR) is 120 cm³/mol. The van der Waals surface area contributed by atoms with E-state index >= 15 is 0 Å². The number of thiophene rings is 1. The molecule has 3 atom stereocenters. The molecule has 0 saturated heterocycles. The van der Waals surface area contributed by atoms with E-state index in [0.29, 0.717) is 23.5 Å². The Bertz CT molecular complexity index is 960. The Balaban J connectivity index is 1.48. The minimum Gasteiger partial charge on any atom is -0.497 e. The highest BCUT2D eigenvalue weighted by molar-refractivity contribution is 7.91. The van der Waals surface area contributed by atoms with E-state index in [0.717, 1.165) is 61.2 Å². The van der Waals surface area contributed by atoms with E-state index in [4.69, 9.17) is 21.1 Å². The van der Waals surface area contributed by atoms with Crippen molar-refractivity contribution in [3.8, 4) is 5.75 Å². The lowest BCUT2D eigenvalue weighted by atomic mass is 9.79. The third-order valence-corrected chi connectivity index (χ3v) is 9.72. The number of benzene rings is 1. The first-order chi connectivity index (χ1) is 14.4. The summed E-state index contributed by atoms with van der Waals surface area (Å²) in [6.45, 7) is 1.07. The average molecular weight is 470 g/mol. The number of hydrogen-bond donors (Lipinski definition) is 1. The summed E-state index contributed by atoms with van der Waals surface area (Å²) in [5.74, 6) is 1.19. The lowest BCUT2D eigenvalue weighted by Crippen LogP contribution is -2.49. The van der Waals surface area contributed by atoms with Gasteiger partial charge in [0.2, 0.25) is 10.0 Å². The standard InChI is InChI=1S/C22H28ClNO4S2/c1-27-18-7-5-16(6-8-18)14-28-15-22-12-3-2-4-17(11-13-22)21(22)24-30(25,26)20-10-9-19(23)29-20/h5-10,17,21,24H,2-4,11-15H2,1H3/t17-,21-,22+/m0/s1. The molecule has 4 rings (SSSR count). The van der Waals surface area contributed by atoms with E-state index < -0.39 is 10.0 Å². The maximum atomic E-state index is 13.0. The smallest absolute Gasteiger partial charge is 0.250 e. The Morgan fingerprint density at radius 2 is 1.93 bits per heavy atom. The molecule has 164 valence electrons. The monoisotopic (exact) mass is 469 g/mol. The first kappa shape index (κ1) is 22.1. The van der Waals surface area contributed by atoms with Gasteiger partial charge in [-0.15, -0.1) is 11.3 Å². The van der Waals surface area contributed by atoms with Crippen LogP contribution in [0.4, 0.5) is 0 Å². The van der Waals surface area contributed by atoms with Crippen LogP contribution in [0.1, 0.15) is 44.1 Å². The van der Waals surface area contributed by atoms with Crippen LogP contribution in [0.5, 0.6) is 5.75 Å². The normalized spacial score (nSPS) is 26.5. The van der Waals surface area contributed by atoms with Gasteiger partial charge in [0.25, 0.3) is 0 Å². The fraction of sp³-hybridized carbons (Fsp3) is 0.545. The fourth-order valence-electron chi connectivity index (χ4n) is 4.99. The van der Waals surface area contributed by atoms with Crippen molar-refractivity contribution < 1.29 is 17.9 Å². The zero-order valence-electron chi connectivity index (χ0n) is 17.1. The molecule has 0 radical (unpaired) electrons. The van der Waals surface area contributed by atoms with Crippen LogP contribution in [0.25, 0.3) is 0 Å². The van der Waals surface area contributed by atoms with Crippen LogP contribution >= 0.6 is 22.9 Å². The quantitative estimate of drug-likeness (QED) is 0.573. The van der Waals surface area contributed by atoms with Crippen LogP contribution in [0.3, 0.4) is 0 Å². The molecule has 2 aromatic rings. The number of hydrogen-bond acceptors (Lipinski definition) is 5. The molecule has 2 fully saturated rings. The summed E-state index contributed by atoms with van der Waals surface area (Å²) in [6.07, 6.45) is 6.37. The number of fused-ring (bicyclic) bond motifs is 2. The molecular formula is C22H28ClNO4S2. The molecule has 30 heavy (non-hydrogen) atoms. The molecule has 2 aliphatic carbocycles. The van der Waals surface area contributed by atoms with Crippen molar-refractivity contribution in [2.45, 2.75) is 55.4 Å². The van der Waals surface area contributed by atoms with E-state index in [1.165, 1.54) is 0 Å². The molecule has 0 amide bonds. The topological polar surface area (TPSA) is 64.6 Å². The van der Waals surface area contributed by atoms with Crippen LogP contribution in [0.15, 0.2) is 40.6 Å². The molecule has 1 aromatic carbocycles. The maximum absolute atomic E-state index is 13.0. The first-order valence-electron chi connectivity index (χ1n) is 10.4. The molecule has 1 heterocycles. The molecule has 1 aromatic heterocycles. The van der Waals surface area contributed by atoms with Crippen molar-refractivity contribution in [2.24, 2.45) is 11.3 Å². The third-order valence-electron chi connectivity index (χ3n) is 6.56. The van der Waals surface area contributed by atoms with Crippen molar-refractivity contribution in [1.29, 1.82) is 0 Å². The van der Waals surface area contributed by atoms with Gasteiger partial charge in [-0.3, -0.25) is 0 Å². The van der Waals surface area contributed by atoms with E-state index in [-0.39, 0.29) is 15.7 Å². The molecule has 0 unspecified atom stereocenters. The summed E-state index contributed by atoms with van der Waals surface area (Å²) in [4.78, 5) is 0. The van der Waals surface area contributed by atoms with Crippen LogP contribution < -0.4 is 9.46 Å². The summed E-state index contributed by atoms with van der Waals surface area (Å²) >= 11 is 7.08. The Morgan fingerprint density at radius 1 is 1.13 bits per heavy atom. The molecule has 8 heteroatoms. The largest absolute Gasteiger partial charge is 0.497 e. The number of ether oxygens (including phenoxy) is 2. The van der Waals surface area contributed by atoms with Gasteiger partial charge >= 0.3 is 0 Å². The summed E-state index contributed by atoms with van der Waals surface area (Å²) in [5, 5.41) is 0. The molecular weight excluding hydrogens is 442 g/mol. The SMILES string of the molecule is COc1ccc(COC[C@@]23CCCC[C@@H](CC2)[C@@H]3NS(=O)(=O)c2ccc(Cl)s2)cc1. The van der Waals surface area contributed by atoms with E-state index in [9.17, 15) is 8.42 Å². The van der Waals surface area contributed by atoms with Crippen LogP contribution in [-0.2, 0) is 21.4 Å². The van der Waals surface area contributed by atoms with Crippen molar-refractivity contribution in [3.05, 3.63) is 46.3 Å². The minimum atomic E-state index is -3.59. The fourth-order valence-corrected chi connectivity index (χ4v) is 7.89. The average Bonchev–Trinajstić information content (AvgIpc) is 3.25. The molecule has 2 saturated carbocycles. The molecule has 2 bridgehead atoms. The third kappa shape index (κ3) is 4.70. The second kappa shape index (κ2) is 9.17. The molecule has 1 N–H and O–H groups in total. The Kier molecular flexibility index (Phi) is 6.75. The van der Waals surface area contributed by atoms with Gasteiger partial charge in [-0.1, -0.05) is 36.6 Å². The molecule has 5 nitrogen and oxygen atoms in total. The molecule has 0 aliphatic heterocycles. The van der Waals surface area contributed by atoms with Gasteiger partial charge in [0, 0.05) is 11.5 Å². The van der Waals surface area contributed by atoms with Crippen LogP contribution in [0, 0.1) is 11.3 Å². The number of sulfonamides is 1. The van der Waals surface area contributed by atoms with E-state index in [1.54, 1.807) is 19.2 Å². The number of halogens is 1. The van der Waals surface area contributed by atoms with Gasteiger partial charge in [0.15, 0.2) is 0 Å². The first-order valence-corrected chi connectivity index (χ1v) is 13.1. The van der Waals surface area contributed by atoms with E-state index in [2.05, 4.69) is 4.72 Å². The van der Waals surface area contributed by atoms with Gasteiger partial charge in [-0.05, 0) is 61.4 Å². The molecule has 2 aliphatic rings. The van der Waals surface area contributed by atoms with Gasteiger partial charge in [0.1, 0.15) is 9.96 Å². The van der Waals surface area contributed by atoms with Crippen molar-refractivity contribution in [3.63, 3.8) is 0 Å². The second-order valence-corrected chi connectivity index (χ2v) is 12.1. The van der Waals surface area contributed by atoms with Crippen LogP contribution in [0.2, 0.25) is 4.34 Å². The Hall–Kier alpha value is -1.12. The summed E-state index contributed by atoms with van der Waals surface area (Å²) in [6, 6.07) is 11.0. The Labute approximate surface area is 187 Å². The van der Waals surface area contributed by atoms with Gasteiger partial charge < -0.3 is 9.47 Å². The second-order valence-electron chi connectivity index (χ2n) is 8.41. The van der Waals surface area contributed by atoms with Crippen molar-refractivity contribution >= 4 is 33.0 Å². The zero-order valence-corrected chi connectivity index (χ0v) is 19.5. The predicted octanol–water partition coefficient (Wildman–Crippen LogP) is 5.24. The highest BCUT2D eigenvalue weighted by Gasteiger charge is 2.50. The lowest BCUT2D eigenvalue weighted by molar-refractivity contribution is 0.0185. The van der Waals surface area contributed by atoms with Gasteiger partial charge in [0.05, 0.1) is 24.7 Å². The maximum Gasteiger partial charge on any atom is 0.250 e. The minimum absolute atomic E-state index is 0.0956. The Morgan fingerprint density at radius 3 is 2.63 bits per heavy atom. The number of rotatable bonds is 8. The summed E-state index contributed by atoms with van der Waals surface area (Å²) < 4.78 is 41.3. The van der Waals surface area contributed by atoms with Crippen LogP contribution in [-0.4, -0.2) is 28.2 Å². The highest BCUT2D eigenvalue weighted by Crippen LogP contribution is 2.50. The van der Waals surface area contributed by atoms with Gasteiger partial charge in [-0.2, -0.15) is 0 Å². The number of nitrogens with one attached hydrogen (secondary N) is 1. The summed E-state index contributed by atoms with van der Waals surface area (Å²) in [7, 11) is -1.94. The lowest BCUT2D eigenvalue weighted by Gasteiger charge is -2.36. The van der Waals surface area contributed by atoms with Crippen molar-refractivity contribution in [1.82, 2.24) is 4.72 Å². The van der Waals surface area contributed by atoms with Crippen molar-refractivity contribution in [2.75, 3.05) is 13.7 Å². The van der Waals surface area contributed by atoms with E-state index in [1.807, 2.05) is 24.3 Å².